The molecule has 0 radical (unpaired) electrons. The maximum absolute atomic E-state index is 12.4. The molecule has 0 fully saturated rings. The molecule has 1 atom stereocenters. The minimum absolute atomic E-state index is 0.135. The highest BCUT2D eigenvalue weighted by Crippen LogP contribution is 2.22. The zero-order valence-corrected chi connectivity index (χ0v) is 15.9. The van der Waals surface area contributed by atoms with Gasteiger partial charge < -0.3 is 4.74 Å². The fourth-order valence-corrected chi connectivity index (χ4v) is 3.91. The average Bonchev–Trinajstić information content (AvgIpc) is 2.56. The maximum Gasteiger partial charge on any atom is 0.324 e. The molecule has 0 N–H and O–H groups in total. The van der Waals surface area contributed by atoms with Crippen LogP contribution in [0.25, 0.3) is 10.8 Å². The third-order valence-corrected chi connectivity index (χ3v) is 5.33. The third-order valence-electron chi connectivity index (χ3n) is 4.09. The van der Waals surface area contributed by atoms with E-state index in [1.807, 2.05) is 56.3 Å². The van der Waals surface area contributed by atoms with Crippen molar-refractivity contribution < 1.29 is 17.9 Å². The van der Waals surface area contributed by atoms with E-state index < -0.39 is 22.0 Å². The monoisotopic (exact) mass is 363 g/mol. The van der Waals surface area contributed by atoms with Crippen molar-refractivity contribution in [3.63, 3.8) is 0 Å². The molecule has 25 heavy (non-hydrogen) atoms. The molecule has 0 aliphatic carbocycles. The highest BCUT2D eigenvalue weighted by Gasteiger charge is 2.33. The number of benzene rings is 2. The van der Waals surface area contributed by atoms with E-state index in [-0.39, 0.29) is 12.5 Å². The van der Waals surface area contributed by atoms with Crippen LogP contribution in [0.15, 0.2) is 42.5 Å². The number of esters is 1. The summed E-state index contributed by atoms with van der Waals surface area (Å²) in [6.45, 7) is 4.04. The standard InChI is InChI=1S/C19H25NO4S/c1-14(2)11-18(19(21)24-3)20(25(4,22)23)13-15-9-10-16-7-5-6-8-17(16)12-15/h5-10,12,14,18H,11,13H2,1-4H3. The summed E-state index contributed by atoms with van der Waals surface area (Å²) in [6.07, 6.45) is 1.54. The van der Waals surface area contributed by atoms with Gasteiger partial charge in [-0.2, -0.15) is 4.31 Å². The second-order valence-corrected chi connectivity index (χ2v) is 8.59. The van der Waals surface area contributed by atoms with E-state index in [2.05, 4.69) is 0 Å². The smallest absolute Gasteiger partial charge is 0.324 e. The van der Waals surface area contributed by atoms with Crippen molar-refractivity contribution in [2.45, 2.75) is 32.9 Å². The Hall–Kier alpha value is -1.92. The van der Waals surface area contributed by atoms with Gasteiger partial charge in [0.2, 0.25) is 10.0 Å². The summed E-state index contributed by atoms with van der Waals surface area (Å²) >= 11 is 0. The Kier molecular flexibility index (Phi) is 6.19. The van der Waals surface area contributed by atoms with Crippen LogP contribution in [0, 0.1) is 5.92 Å². The van der Waals surface area contributed by atoms with Crippen LogP contribution in [0.2, 0.25) is 0 Å². The van der Waals surface area contributed by atoms with Crippen LogP contribution in [0.1, 0.15) is 25.8 Å². The summed E-state index contributed by atoms with van der Waals surface area (Å²) in [5, 5.41) is 2.12. The summed E-state index contributed by atoms with van der Waals surface area (Å²) < 4.78 is 30.8. The van der Waals surface area contributed by atoms with E-state index in [1.54, 1.807) is 0 Å². The molecule has 5 nitrogen and oxygen atoms in total. The van der Waals surface area contributed by atoms with Gasteiger partial charge in [-0.25, -0.2) is 8.42 Å². The molecule has 0 aliphatic rings. The van der Waals surface area contributed by atoms with E-state index in [0.29, 0.717) is 6.42 Å². The van der Waals surface area contributed by atoms with Gasteiger partial charge in [0.15, 0.2) is 0 Å². The summed E-state index contributed by atoms with van der Waals surface area (Å²) in [6, 6.07) is 12.9. The molecule has 2 aromatic rings. The summed E-state index contributed by atoms with van der Waals surface area (Å²) in [7, 11) is -2.30. The van der Waals surface area contributed by atoms with E-state index in [1.165, 1.54) is 11.4 Å². The zero-order valence-electron chi connectivity index (χ0n) is 15.1. The highest BCUT2D eigenvalue weighted by molar-refractivity contribution is 7.88. The Morgan fingerprint density at radius 3 is 2.32 bits per heavy atom. The lowest BCUT2D eigenvalue weighted by molar-refractivity contribution is -0.145. The SMILES string of the molecule is COC(=O)C(CC(C)C)N(Cc1ccc2ccccc2c1)S(C)(=O)=O. The van der Waals surface area contributed by atoms with Gasteiger partial charge >= 0.3 is 5.97 Å². The number of carbonyl (C=O) groups is 1. The van der Waals surface area contributed by atoms with Gasteiger partial charge in [-0.1, -0.05) is 50.2 Å². The Balaban J connectivity index is 2.40. The number of rotatable bonds is 7. The molecule has 0 amide bonds. The molecule has 6 heteroatoms. The Morgan fingerprint density at radius 1 is 1.12 bits per heavy atom. The van der Waals surface area contributed by atoms with Gasteiger partial charge in [-0.15, -0.1) is 0 Å². The topological polar surface area (TPSA) is 63.7 Å². The minimum atomic E-state index is -3.58. The first-order chi connectivity index (χ1) is 11.7. The van der Waals surface area contributed by atoms with E-state index in [4.69, 9.17) is 4.74 Å². The molecule has 0 aliphatic heterocycles. The third kappa shape index (κ3) is 5.03. The number of hydrogen-bond donors (Lipinski definition) is 0. The second-order valence-electron chi connectivity index (χ2n) is 6.66. The molecular formula is C19H25NO4S. The van der Waals surface area contributed by atoms with Gasteiger partial charge in [-0.05, 0) is 34.7 Å². The normalized spacial score (nSPS) is 13.4. The first-order valence-electron chi connectivity index (χ1n) is 8.24. The van der Waals surface area contributed by atoms with Crippen LogP contribution < -0.4 is 0 Å². The number of fused-ring (bicyclic) bond motifs is 1. The van der Waals surface area contributed by atoms with E-state index in [0.717, 1.165) is 22.6 Å². The Bertz CT molecular complexity index is 845. The maximum atomic E-state index is 12.4. The van der Waals surface area contributed by atoms with Crippen molar-refractivity contribution in [1.82, 2.24) is 4.31 Å². The summed E-state index contributed by atoms with van der Waals surface area (Å²) in [5.74, 6) is -0.370. The fraction of sp³-hybridized carbons (Fsp3) is 0.421. The van der Waals surface area contributed by atoms with Crippen LogP contribution in [0.3, 0.4) is 0 Å². The Labute approximate surface area is 149 Å². The molecule has 0 aromatic heterocycles. The quantitative estimate of drug-likeness (QED) is 0.709. The lowest BCUT2D eigenvalue weighted by Gasteiger charge is -2.29. The van der Waals surface area contributed by atoms with E-state index in [9.17, 15) is 13.2 Å². The minimum Gasteiger partial charge on any atom is -0.468 e. The van der Waals surface area contributed by atoms with Gasteiger partial charge in [0.25, 0.3) is 0 Å². The molecule has 2 rings (SSSR count). The van der Waals surface area contributed by atoms with Crippen molar-refractivity contribution in [2.24, 2.45) is 5.92 Å². The van der Waals surface area contributed by atoms with Crippen molar-refractivity contribution in [2.75, 3.05) is 13.4 Å². The lowest BCUT2D eigenvalue weighted by atomic mass is 10.0. The fourth-order valence-electron chi connectivity index (χ4n) is 2.89. The molecule has 0 saturated carbocycles. The van der Waals surface area contributed by atoms with Gasteiger partial charge in [0.05, 0.1) is 13.4 Å². The molecule has 136 valence electrons. The molecular weight excluding hydrogens is 338 g/mol. The van der Waals surface area contributed by atoms with Crippen LogP contribution in [0.4, 0.5) is 0 Å². The number of sulfonamides is 1. The van der Waals surface area contributed by atoms with Crippen LogP contribution in [-0.2, 0) is 26.1 Å². The molecule has 0 spiro atoms. The predicted octanol–water partition coefficient (Wildman–Crippen LogP) is 3.19. The van der Waals surface area contributed by atoms with Crippen molar-refractivity contribution in [3.8, 4) is 0 Å². The molecule has 0 saturated heterocycles. The molecule has 2 aromatic carbocycles. The predicted molar refractivity (Wildman–Crippen MR) is 99.6 cm³/mol. The summed E-state index contributed by atoms with van der Waals surface area (Å²) in [4.78, 5) is 12.2. The number of hydrogen-bond acceptors (Lipinski definition) is 4. The van der Waals surface area contributed by atoms with Crippen molar-refractivity contribution in [1.29, 1.82) is 0 Å². The first kappa shape index (κ1) is 19.4. The van der Waals surface area contributed by atoms with Crippen molar-refractivity contribution >= 4 is 26.8 Å². The zero-order chi connectivity index (χ0) is 18.6. The van der Waals surface area contributed by atoms with Crippen LogP contribution in [0.5, 0.6) is 0 Å². The lowest BCUT2D eigenvalue weighted by Crippen LogP contribution is -2.45. The van der Waals surface area contributed by atoms with E-state index >= 15 is 0 Å². The number of carbonyl (C=O) groups excluding carboxylic acids is 1. The van der Waals surface area contributed by atoms with Gasteiger partial charge in [-0.3, -0.25) is 4.79 Å². The molecule has 0 heterocycles. The number of ether oxygens (including phenoxy) is 1. The number of nitrogens with zero attached hydrogens (tertiary/aromatic N) is 1. The van der Waals surface area contributed by atoms with Gasteiger partial charge in [0.1, 0.15) is 6.04 Å². The summed E-state index contributed by atoms with van der Waals surface area (Å²) in [5.41, 5.74) is 0.835. The first-order valence-corrected chi connectivity index (χ1v) is 10.1. The second kappa shape index (κ2) is 7.97. The molecule has 1 unspecified atom stereocenters. The largest absolute Gasteiger partial charge is 0.468 e. The van der Waals surface area contributed by atoms with Crippen molar-refractivity contribution in [3.05, 3.63) is 48.0 Å². The number of methoxy groups -OCH3 is 1. The van der Waals surface area contributed by atoms with Crippen LogP contribution >= 0.6 is 0 Å². The average molecular weight is 363 g/mol. The Morgan fingerprint density at radius 2 is 1.76 bits per heavy atom. The highest BCUT2D eigenvalue weighted by atomic mass is 32.2. The van der Waals surface area contributed by atoms with Crippen LogP contribution in [-0.4, -0.2) is 38.1 Å². The van der Waals surface area contributed by atoms with Gasteiger partial charge in [0, 0.05) is 6.54 Å². The molecule has 0 bridgehead atoms.